The molecule has 0 spiro atoms. The van der Waals surface area contributed by atoms with Gasteiger partial charge in [0.1, 0.15) is 6.61 Å². The van der Waals surface area contributed by atoms with E-state index in [1.807, 2.05) is 18.2 Å². The van der Waals surface area contributed by atoms with Crippen LogP contribution in [0.15, 0.2) is 33.7 Å². The van der Waals surface area contributed by atoms with Crippen molar-refractivity contribution in [1.82, 2.24) is 0 Å². The first-order chi connectivity index (χ1) is 8.84. The van der Waals surface area contributed by atoms with Crippen LogP contribution >= 0.6 is 15.9 Å². The van der Waals surface area contributed by atoms with Crippen molar-refractivity contribution in [2.45, 2.75) is 38.1 Å². The summed E-state index contributed by atoms with van der Waals surface area (Å²) >= 11 is 3.56. The van der Waals surface area contributed by atoms with Gasteiger partial charge in [0.05, 0.1) is 11.6 Å². The Labute approximate surface area is 117 Å². The van der Waals surface area contributed by atoms with Crippen LogP contribution in [-0.4, -0.2) is 18.5 Å². The molecule has 0 saturated heterocycles. The number of halogens is 1. The van der Waals surface area contributed by atoms with Crippen LogP contribution in [-0.2, 0) is 4.74 Å². The summed E-state index contributed by atoms with van der Waals surface area (Å²) in [4.78, 5) is 4.81. The molecule has 0 unspecified atom stereocenters. The van der Waals surface area contributed by atoms with Gasteiger partial charge in [-0.05, 0) is 46.8 Å². The number of aliphatic imine (C=N–C) groups is 1. The van der Waals surface area contributed by atoms with E-state index >= 15 is 0 Å². The van der Waals surface area contributed by atoms with E-state index in [2.05, 4.69) is 22.0 Å². The van der Waals surface area contributed by atoms with Gasteiger partial charge in [0, 0.05) is 4.47 Å². The Morgan fingerprint density at radius 2 is 1.89 bits per heavy atom. The zero-order valence-corrected chi connectivity index (χ0v) is 12.0. The average molecular weight is 308 g/mol. The first kappa shape index (κ1) is 12.2. The minimum atomic E-state index is 0.382. The highest BCUT2D eigenvalue weighted by Crippen LogP contribution is 2.31. The molecule has 0 aromatic heterocycles. The minimum Gasteiger partial charge on any atom is -0.475 e. The predicted molar refractivity (Wildman–Crippen MR) is 77.0 cm³/mol. The molecule has 18 heavy (non-hydrogen) atoms. The summed E-state index contributed by atoms with van der Waals surface area (Å²) in [5.74, 6) is 1.55. The SMILES string of the molecule is Brc1ccccc1C1=N[C@@H](C2CCCCC2)CO1. The van der Waals surface area contributed by atoms with E-state index in [4.69, 9.17) is 9.73 Å². The highest BCUT2D eigenvalue weighted by molar-refractivity contribution is 9.10. The molecule has 1 atom stereocenters. The normalized spacial score (nSPS) is 24.7. The molecule has 0 N–H and O–H groups in total. The standard InChI is InChI=1S/C15H18BrNO/c16-13-9-5-4-8-12(13)15-17-14(10-18-15)11-6-2-1-3-7-11/h4-5,8-9,11,14H,1-3,6-7,10H2/t14-/m1/s1. The summed E-state index contributed by atoms with van der Waals surface area (Å²) in [6.07, 6.45) is 6.76. The van der Waals surface area contributed by atoms with E-state index < -0.39 is 0 Å². The van der Waals surface area contributed by atoms with Gasteiger partial charge >= 0.3 is 0 Å². The van der Waals surface area contributed by atoms with E-state index in [0.717, 1.165) is 28.5 Å². The summed E-state index contributed by atoms with van der Waals surface area (Å²) in [6, 6.07) is 8.52. The van der Waals surface area contributed by atoms with Crippen LogP contribution in [0.3, 0.4) is 0 Å². The number of ether oxygens (including phenoxy) is 1. The maximum Gasteiger partial charge on any atom is 0.217 e. The molecule has 1 heterocycles. The summed E-state index contributed by atoms with van der Waals surface area (Å²) in [5, 5.41) is 0. The Bertz CT molecular complexity index is 452. The van der Waals surface area contributed by atoms with E-state index in [1.54, 1.807) is 0 Å². The zero-order valence-electron chi connectivity index (χ0n) is 10.4. The molecule has 1 aromatic carbocycles. The maximum absolute atomic E-state index is 5.81. The first-order valence-electron chi connectivity index (χ1n) is 6.80. The fourth-order valence-electron chi connectivity index (χ4n) is 2.93. The molecule has 0 radical (unpaired) electrons. The summed E-state index contributed by atoms with van der Waals surface area (Å²) in [7, 11) is 0. The third kappa shape index (κ3) is 2.46. The predicted octanol–water partition coefficient (Wildman–Crippen LogP) is 4.17. The Balaban J connectivity index is 1.77. The maximum atomic E-state index is 5.81. The number of hydrogen-bond donors (Lipinski definition) is 0. The number of rotatable bonds is 2. The van der Waals surface area contributed by atoms with Gasteiger partial charge in [-0.1, -0.05) is 31.4 Å². The Morgan fingerprint density at radius 1 is 1.11 bits per heavy atom. The van der Waals surface area contributed by atoms with Crippen LogP contribution in [0, 0.1) is 5.92 Å². The number of hydrogen-bond acceptors (Lipinski definition) is 2. The van der Waals surface area contributed by atoms with Crippen LogP contribution in [0.2, 0.25) is 0 Å². The van der Waals surface area contributed by atoms with Crippen molar-refractivity contribution in [3.8, 4) is 0 Å². The quantitative estimate of drug-likeness (QED) is 0.803. The summed E-state index contributed by atoms with van der Waals surface area (Å²) in [6.45, 7) is 0.765. The van der Waals surface area contributed by atoms with Gasteiger partial charge < -0.3 is 4.74 Å². The molecular weight excluding hydrogens is 290 g/mol. The third-order valence-corrected chi connectivity index (χ3v) is 4.66. The minimum absolute atomic E-state index is 0.382. The van der Waals surface area contributed by atoms with Crippen LogP contribution in [0.4, 0.5) is 0 Å². The first-order valence-corrected chi connectivity index (χ1v) is 7.59. The molecule has 1 fully saturated rings. The largest absolute Gasteiger partial charge is 0.475 e. The zero-order chi connectivity index (χ0) is 12.4. The molecule has 2 nitrogen and oxygen atoms in total. The van der Waals surface area contributed by atoms with Gasteiger partial charge in [-0.3, -0.25) is 0 Å². The highest BCUT2D eigenvalue weighted by atomic mass is 79.9. The summed E-state index contributed by atoms with van der Waals surface area (Å²) < 4.78 is 6.87. The van der Waals surface area contributed by atoms with Gasteiger partial charge in [-0.2, -0.15) is 0 Å². The third-order valence-electron chi connectivity index (χ3n) is 3.97. The average Bonchev–Trinajstić information content (AvgIpc) is 2.90. The molecule has 3 heteroatoms. The van der Waals surface area contributed by atoms with E-state index in [-0.39, 0.29) is 0 Å². The van der Waals surface area contributed by atoms with E-state index in [1.165, 1.54) is 32.1 Å². The second-order valence-corrected chi connectivity index (χ2v) is 6.04. The van der Waals surface area contributed by atoms with Gasteiger partial charge in [-0.25, -0.2) is 4.99 Å². The topological polar surface area (TPSA) is 21.6 Å². The fraction of sp³-hybridized carbons (Fsp3) is 0.533. The lowest BCUT2D eigenvalue weighted by Crippen LogP contribution is -2.22. The lowest BCUT2D eigenvalue weighted by molar-refractivity contribution is 0.240. The van der Waals surface area contributed by atoms with Crippen molar-refractivity contribution in [2.75, 3.05) is 6.61 Å². The van der Waals surface area contributed by atoms with E-state index in [0.29, 0.717) is 6.04 Å². The van der Waals surface area contributed by atoms with Gasteiger partial charge in [0.15, 0.2) is 0 Å². The molecule has 1 aliphatic carbocycles. The van der Waals surface area contributed by atoms with Crippen LogP contribution in [0.25, 0.3) is 0 Å². The molecule has 0 amide bonds. The monoisotopic (exact) mass is 307 g/mol. The highest BCUT2D eigenvalue weighted by Gasteiger charge is 2.29. The van der Waals surface area contributed by atoms with Crippen molar-refractivity contribution in [2.24, 2.45) is 10.9 Å². The van der Waals surface area contributed by atoms with Crippen LogP contribution in [0.1, 0.15) is 37.7 Å². The molecule has 1 aromatic rings. The van der Waals surface area contributed by atoms with Gasteiger partial charge in [-0.15, -0.1) is 0 Å². The molecule has 0 bridgehead atoms. The van der Waals surface area contributed by atoms with Crippen LogP contribution in [0.5, 0.6) is 0 Å². The van der Waals surface area contributed by atoms with Crippen molar-refractivity contribution >= 4 is 21.8 Å². The number of benzene rings is 1. The Hall–Kier alpha value is -0.830. The van der Waals surface area contributed by atoms with Crippen molar-refractivity contribution in [3.63, 3.8) is 0 Å². The number of nitrogens with zero attached hydrogens (tertiary/aromatic N) is 1. The molecule has 2 aliphatic rings. The second kappa shape index (κ2) is 5.43. The smallest absolute Gasteiger partial charge is 0.217 e. The lowest BCUT2D eigenvalue weighted by atomic mass is 9.84. The fourth-order valence-corrected chi connectivity index (χ4v) is 3.39. The molecule has 96 valence electrons. The molecule has 3 rings (SSSR count). The van der Waals surface area contributed by atoms with Crippen LogP contribution < -0.4 is 0 Å². The van der Waals surface area contributed by atoms with Gasteiger partial charge in [0.25, 0.3) is 0 Å². The Kier molecular flexibility index (Phi) is 3.69. The lowest BCUT2D eigenvalue weighted by Gasteiger charge is -2.24. The molecule has 1 saturated carbocycles. The second-order valence-electron chi connectivity index (χ2n) is 5.19. The van der Waals surface area contributed by atoms with Crippen molar-refractivity contribution in [3.05, 3.63) is 34.3 Å². The summed E-state index contributed by atoms with van der Waals surface area (Å²) in [5.41, 5.74) is 1.08. The van der Waals surface area contributed by atoms with Crippen molar-refractivity contribution in [1.29, 1.82) is 0 Å². The van der Waals surface area contributed by atoms with Crippen molar-refractivity contribution < 1.29 is 4.74 Å². The molecular formula is C15H18BrNO. The Morgan fingerprint density at radius 3 is 2.67 bits per heavy atom. The van der Waals surface area contributed by atoms with E-state index in [9.17, 15) is 0 Å². The van der Waals surface area contributed by atoms with Gasteiger partial charge in [0.2, 0.25) is 5.90 Å². The molecule has 1 aliphatic heterocycles.